The van der Waals surface area contributed by atoms with E-state index in [1.165, 1.54) is 0 Å². The van der Waals surface area contributed by atoms with Gasteiger partial charge in [0.2, 0.25) is 11.8 Å². The highest BCUT2D eigenvalue weighted by atomic mass is 32.1. The average Bonchev–Trinajstić information content (AvgIpc) is 3.11. The number of likely N-dealkylation sites (tertiary alicyclic amines) is 1. The summed E-state index contributed by atoms with van der Waals surface area (Å²) in [4.78, 5) is 18.2. The van der Waals surface area contributed by atoms with Crippen LogP contribution in [0.15, 0.2) is 41.2 Å². The molecule has 5 heteroatoms. The first-order valence-electron chi connectivity index (χ1n) is 6.68. The van der Waals surface area contributed by atoms with Crippen molar-refractivity contribution in [1.82, 2.24) is 9.88 Å². The first-order chi connectivity index (χ1) is 9.81. The van der Waals surface area contributed by atoms with Crippen molar-refractivity contribution < 1.29 is 9.53 Å². The summed E-state index contributed by atoms with van der Waals surface area (Å²) < 4.78 is 5.79. The number of carbonyl (C=O) groups excluding carboxylic acids is 1. The van der Waals surface area contributed by atoms with E-state index in [4.69, 9.17) is 4.74 Å². The van der Waals surface area contributed by atoms with Crippen LogP contribution in [0.1, 0.15) is 12.0 Å². The van der Waals surface area contributed by atoms with Crippen LogP contribution in [-0.4, -0.2) is 35.0 Å². The van der Waals surface area contributed by atoms with E-state index in [-0.39, 0.29) is 12.0 Å². The van der Waals surface area contributed by atoms with Crippen LogP contribution in [0.25, 0.3) is 0 Å². The van der Waals surface area contributed by atoms with E-state index in [1.54, 1.807) is 17.5 Å². The Labute approximate surface area is 122 Å². The van der Waals surface area contributed by atoms with Crippen molar-refractivity contribution in [2.75, 3.05) is 13.1 Å². The molecule has 1 fully saturated rings. The second-order valence-corrected chi connectivity index (χ2v) is 5.62. The third kappa shape index (κ3) is 3.17. The summed E-state index contributed by atoms with van der Waals surface area (Å²) in [6.07, 6.45) is 3.12. The summed E-state index contributed by atoms with van der Waals surface area (Å²) in [6.45, 7) is 1.42. The van der Waals surface area contributed by atoms with Crippen molar-refractivity contribution >= 4 is 17.2 Å². The van der Waals surface area contributed by atoms with Crippen LogP contribution >= 0.6 is 11.3 Å². The van der Waals surface area contributed by atoms with E-state index in [9.17, 15) is 4.79 Å². The van der Waals surface area contributed by atoms with Crippen molar-refractivity contribution in [3.05, 3.63) is 46.8 Å². The molecule has 0 saturated carbocycles. The average molecular weight is 288 g/mol. The minimum Gasteiger partial charge on any atom is -0.472 e. The molecule has 0 N–H and O–H groups in total. The van der Waals surface area contributed by atoms with Crippen LogP contribution in [0.5, 0.6) is 5.88 Å². The molecule has 1 aliphatic heterocycles. The Morgan fingerprint density at radius 1 is 1.45 bits per heavy atom. The smallest absolute Gasteiger partial charge is 0.227 e. The third-order valence-corrected chi connectivity index (χ3v) is 4.09. The maximum Gasteiger partial charge on any atom is 0.227 e. The lowest BCUT2D eigenvalue weighted by atomic mass is 10.2. The number of rotatable bonds is 4. The van der Waals surface area contributed by atoms with E-state index in [0.29, 0.717) is 18.8 Å². The quantitative estimate of drug-likeness (QED) is 0.867. The Kier molecular flexibility index (Phi) is 3.97. The van der Waals surface area contributed by atoms with Crippen LogP contribution in [0, 0.1) is 0 Å². The Hall–Kier alpha value is -1.88. The van der Waals surface area contributed by atoms with Gasteiger partial charge < -0.3 is 9.64 Å². The van der Waals surface area contributed by atoms with Crippen molar-refractivity contribution in [3.8, 4) is 5.88 Å². The van der Waals surface area contributed by atoms with E-state index in [0.717, 1.165) is 18.5 Å². The largest absolute Gasteiger partial charge is 0.472 e. The van der Waals surface area contributed by atoms with Crippen LogP contribution in [0.3, 0.4) is 0 Å². The zero-order valence-corrected chi connectivity index (χ0v) is 11.9. The number of ether oxygens (including phenoxy) is 1. The summed E-state index contributed by atoms with van der Waals surface area (Å²) in [5.74, 6) is 0.806. The summed E-state index contributed by atoms with van der Waals surface area (Å²) in [5.41, 5.74) is 1.09. The fraction of sp³-hybridized carbons (Fsp3) is 0.333. The fourth-order valence-electron chi connectivity index (χ4n) is 2.32. The molecular formula is C15H16N2O2S. The van der Waals surface area contributed by atoms with Crippen LogP contribution in [-0.2, 0) is 11.2 Å². The van der Waals surface area contributed by atoms with E-state index < -0.39 is 0 Å². The second kappa shape index (κ2) is 6.05. The molecule has 0 aliphatic carbocycles. The van der Waals surface area contributed by atoms with Gasteiger partial charge in [0, 0.05) is 25.2 Å². The lowest BCUT2D eigenvalue weighted by Gasteiger charge is -2.16. The number of pyridine rings is 1. The van der Waals surface area contributed by atoms with E-state index >= 15 is 0 Å². The molecule has 0 bridgehead atoms. The van der Waals surface area contributed by atoms with Gasteiger partial charge in [0.05, 0.1) is 13.0 Å². The van der Waals surface area contributed by atoms with Crippen LogP contribution < -0.4 is 4.74 Å². The lowest BCUT2D eigenvalue weighted by molar-refractivity contribution is -0.129. The minimum absolute atomic E-state index is 0.0522. The number of amides is 1. The fourth-order valence-corrected chi connectivity index (χ4v) is 2.99. The van der Waals surface area contributed by atoms with E-state index in [2.05, 4.69) is 4.98 Å². The van der Waals surface area contributed by atoms with Crippen LogP contribution in [0.4, 0.5) is 0 Å². The molecule has 0 unspecified atom stereocenters. The van der Waals surface area contributed by atoms with Gasteiger partial charge in [-0.05, 0) is 28.5 Å². The van der Waals surface area contributed by atoms with Crippen molar-refractivity contribution in [1.29, 1.82) is 0 Å². The molecular weight excluding hydrogens is 272 g/mol. The van der Waals surface area contributed by atoms with Gasteiger partial charge in [-0.15, -0.1) is 0 Å². The Morgan fingerprint density at radius 2 is 2.40 bits per heavy atom. The predicted octanol–water partition coefficient (Wildman–Crippen LogP) is 2.37. The predicted molar refractivity (Wildman–Crippen MR) is 77.9 cm³/mol. The molecule has 2 aromatic rings. The molecule has 104 valence electrons. The van der Waals surface area contributed by atoms with Gasteiger partial charge in [0.1, 0.15) is 6.10 Å². The molecule has 2 aromatic heterocycles. The first-order valence-corrected chi connectivity index (χ1v) is 7.62. The second-order valence-electron chi connectivity index (χ2n) is 4.84. The van der Waals surface area contributed by atoms with Crippen LogP contribution in [0.2, 0.25) is 0 Å². The number of aromatic nitrogens is 1. The van der Waals surface area contributed by atoms with Gasteiger partial charge in [0.15, 0.2) is 0 Å². The maximum atomic E-state index is 12.2. The third-order valence-electron chi connectivity index (χ3n) is 3.36. The highest BCUT2D eigenvalue weighted by molar-refractivity contribution is 7.07. The summed E-state index contributed by atoms with van der Waals surface area (Å²) in [6, 6.07) is 7.60. The molecule has 1 amide bonds. The molecule has 1 aliphatic rings. The van der Waals surface area contributed by atoms with Gasteiger partial charge in [-0.3, -0.25) is 4.79 Å². The molecule has 3 rings (SSSR count). The first kappa shape index (κ1) is 13.1. The number of carbonyl (C=O) groups is 1. The highest BCUT2D eigenvalue weighted by Gasteiger charge is 2.27. The molecule has 0 aromatic carbocycles. The molecule has 0 radical (unpaired) electrons. The normalized spacial score (nSPS) is 18.2. The highest BCUT2D eigenvalue weighted by Crippen LogP contribution is 2.17. The zero-order valence-electron chi connectivity index (χ0n) is 11.1. The number of hydrogen-bond donors (Lipinski definition) is 0. The molecule has 1 atom stereocenters. The van der Waals surface area contributed by atoms with Crippen molar-refractivity contribution in [2.45, 2.75) is 18.9 Å². The molecule has 3 heterocycles. The van der Waals surface area contributed by atoms with Gasteiger partial charge in [-0.1, -0.05) is 6.07 Å². The molecule has 1 saturated heterocycles. The summed E-state index contributed by atoms with van der Waals surface area (Å²) in [5, 5.41) is 4.02. The number of nitrogens with zero attached hydrogens (tertiary/aromatic N) is 2. The Balaban J connectivity index is 1.53. The molecule has 0 spiro atoms. The van der Waals surface area contributed by atoms with Crippen molar-refractivity contribution in [3.63, 3.8) is 0 Å². The number of hydrogen-bond acceptors (Lipinski definition) is 4. The van der Waals surface area contributed by atoms with Gasteiger partial charge in [-0.2, -0.15) is 11.3 Å². The zero-order chi connectivity index (χ0) is 13.8. The maximum absolute atomic E-state index is 12.2. The SMILES string of the molecule is O=C(Cc1ccsc1)N1CC[C@@H](Oc2ccccn2)C1. The van der Waals surface area contributed by atoms with Gasteiger partial charge in [-0.25, -0.2) is 4.98 Å². The monoisotopic (exact) mass is 288 g/mol. The topological polar surface area (TPSA) is 42.4 Å². The van der Waals surface area contributed by atoms with E-state index in [1.807, 2.05) is 39.9 Å². The Morgan fingerprint density at radius 3 is 3.15 bits per heavy atom. The molecule has 20 heavy (non-hydrogen) atoms. The Bertz CT molecular complexity index is 557. The minimum atomic E-state index is 0.0522. The summed E-state index contributed by atoms with van der Waals surface area (Å²) in [7, 11) is 0. The van der Waals surface area contributed by atoms with Gasteiger partial charge >= 0.3 is 0 Å². The van der Waals surface area contributed by atoms with Gasteiger partial charge in [0.25, 0.3) is 0 Å². The number of thiophene rings is 1. The van der Waals surface area contributed by atoms with Crippen molar-refractivity contribution in [2.24, 2.45) is 0 Å². The summed E-state index contributed by atoms with van der Waals surface area (Å²) >= 11 is 1.62. The molecule has 4 nitrogen and oxygen atoms in total. The lowest BCUT2D eigenvalue weighted by Crippen LogP contribution is -2.32. The standard InChI is InChI=1S/C15H16N2O2S/c18-15(9-12-5-8-20-11-12)17-7-4-13(10-17)19-14-3-1-2-6-16-14/h1-3,5-6,8,11,13H,4,7,9-10H2/t13-/m1/s1.